The summed E-state index contributed by atoms with van der Waals surface area (Å²) in [5, 5.41) is 3.33. The van der Waals surface area contributed by atoms with E-state index in [-0.39, 0.29) is 12.4 Å². The molecule has 0 radical (unpaired) electrons. The predicted octanol–water partition coefficient (Wildman–Crippen LogP) is 6.56. The molecule has 0 spiro atoms. The van der Waals surface area contributed by atoms with Gasteiger partial charge in [-0.1, -0.05) is 54.6 Å². The summed E-state index contributed by atoms with van der Waals surface area (Å²) in [6.45, 7) is 6.51. The van der Waals surface area contributed by atoms with Crippen molar-refractivity contribution in [3.05, 3.63) is 110 Å². The minimum atomic E-state index is -0.649. The lowest BCUT2D eigenvalue weighted by Crippen LogP contribution is -2.29. The van der Waals surface area contributed by atoms with Gasteiger partial charge in [-0.2, -0.15) is 0 Å². The number of dihydropyridines is 1. The van der Waals surface area contributed by atoms with E-state index in [1.165, 1.54) is 0 Å². The van der Waals surface area contributed by atoms with E-state index in [4.69, 9.17) is 14.2 Å². The van der Waals surface area contributed by atoms with Gasteiger partial charge in [-0.3, -0.25) is 4.79 Å². The summed E-state index contributed by atoms with van der Waals surface area (Å²) in [5.41, 5.74) is 5.48. The average Bonchev–Trinajstić information content (AvgIpc) is 3.19. The van der Waals surface area contributed by atoms with Crippen LogP contribution in [0.5, 0.6) is 11.5 Å². The first-order chi connectivity index (χ1) is 18.4. The van der Waals surface area contributed by atoms with Gasteiger partial charge >= 0.3 is 5.97 Å². The minimum Gasteiger partial charge on any atom is -0.490 e. The fourth-order valence-corrected chi connectivity index (χ4v) is 5.60. The molecule has 2 aliphatic rings. The van der Waals surface area contributed by atoms with E-state index < -0.39 is 11.9 Å². The first-order valence-electron chi connectivity index (χ1n) is 12.6. The number of hydrogen-bond donors (Lipinski definition) is 1. The molecule has 5 rings (SSSR count). The van der Waals surface area contributed by atoms with Gasteiger partial charge in [-0.15, -0.1) is 0 Å². The number of allylic oxidation sites excluding steroid dienone is 2. The second-order valence-electron chi connectivity index (χ2n) is 9.02. The largest absolute Gasteiger partial charge is 0.490 e. The maximum Gasteiger partial charge on any atom is 0.336 e. The van der Waals surface area contributed by atoms with Crippen molar-refractivity contribution in [1.82, 2.24) is 5.32 Å². The summed E-state index contributed by atoms with van der Waals surface area (Å²) in [4.78, 5) is 27.0. The number of carbonyl (C=O) groups is 2. The molecule has 0 bridgehead atoms. The third-order valence-electron chi connectivity index (χ3n) is 6.64. The van der Waals surface area contributed by atoms with Gasteiger partial charge in [0.1, 0.15) is 6.61 Å². The highest BCUT2D eigenvalue weighted by Gasteiger charge is 2.43. The number of rotatable bonds is 8. The van der Waals surface area contributed by atoms with E-state index in [2.05, 4.69) is 21.2 Å². The summed E-state index contributed by atoms with van der Waals surface area (Å²) in [6.07, 6.45) is 0. The quantitative estimate of drug-likeness (QED) is 0.308. The van der Waals surface area contributed by atoms with Crippen LogP contribution in [0.3, 0.4) is 0 Å². The number of carbonyl (C=O) groups excluding carboxylic acids is 2. The minimum absolute atomic E-state index is 0.110. The molecule has 0 aromatic heterocycles. The Bertz CT molecular complexity index is 1470. The van der Waals surface area contributed by atoms with Crippen molar-refractivity contribution in [3.8, 4) is 11.5 Å². The van der Waals surface area contributed by atoms with Gasteiger partial charge in [-0.05, 0) is 60.0 Å². The lowest BCUT2D eigenvalue weighted by molar-refractivity contribution is -0.138. The smallest absolute Gasteiger partial charge is 0.336 e. The van der Waals surface area contributed by atoms with Crippen LogP contribution in [0.4, 0.5) is 0 Å². The number of benzene rings is 3. The van der Waals surface area contributed by atoms with Crippen molar-refractivity contribution >= 4 is 33.4 Å². The molecule has 0 saturated carbocycles. The highest BCUT2D eigenvalue weighted by atomic mass is 79.9. The van der Waals surface area contributed by atoms with E-state index in [0.29, 0.717) is 51.6 Å². The molecule has 1 N–H and O–H groups in total. The molecule has 0 fully saturated rings. The van der Waals surface area contributed by atoms with E-state index >= 15 is 0 Å². The van der Waals surface area contributed by atoms with Crippen molar-refractivity contribution in [2.75, 3.05) is 13.2 Å². The monoisotopic (exact) mass is 573 g/mol. The number of Topliss-reactive ketones (excluding diaryl/α,β-unsaturated/α-hetero) is 1. The fraction of sp³-hybridized carbons (Fsp3) is 0.226. The summed E-state index contributed by atoms with van der Waals surface area (Å²) in [5.74, 6) is -0.139. The third-order valence-corrected chi connectivity index (χ3v) is 7.22. The Hall–Kier alpha value is -3.84. The van der Waals surface area contributed by atoms with E-state index in [1.54, 1.807) is 6.92 Å². The second kappa shape index (κ2) is 10.9. The normalized spacial score (nSPS) is 16.1. The first kappa shape index (κ1) is 25.8. The molecule has 194 valence electrons. The Balaban J connectivity index is 1.63. The van der Waals surface area contributed by atoms with Gasteiger partial charge in [0.05, 0.1) is 29.0 Å². The topological polar surface area (TPSA) is 73.9 Å². The molecule has 3 aromatic rings. The zero-order chi connectivity index (χ0) is 26.8. The number of ketones is 1. The Morgan fingerprint density at radius 3 is 2.37 bits per heavy atom. The first-order valence-corrected chi connectivity index (χ1v) is 13.4. The summed E-state index contributed by atoms with van der Waals surface area (Å²) >= 11 is 3.67. The van der Waals surface area contributed by atoms with E-state index in [1.807, 2.05) is 80.6 Å². The van der Waals surface area contributed by atoms with Crippen LogP contribution in [0.25, 0.3) is 5.70 Å². The van der Waals surface area contributed by atoms with Gasteiger partial charge in [0.2, 0.25) is 0 Å². The molecule has 6 nitrogen and oxygen atoms in total. The number of halogens is 1. The molecule has 1 atom stereocenters. The van der Waals surface area contributed by atoms with E-state index in [9.17, 15) is 9.59 Å². The molecule has 0 saturated heterocycles. The van der Waals surface area contributed by atoms with Crippen molar-refractivity contribution < 1.29 is 23.8 Å². The molecular formula is C31H28BrNO5. The maximum atomic E-state index is 13.7. The van der Waals surface area contributed by atoms with Crippen LogP contribution in [0.2, 0.25) is 0 Å². The standard InChI is InChI=1S/C31H28BrNO5/c1-4-36-24-16-20(15-23(32)30(24)38-17-19-11-7-6-8-12-19)26-25(31(35)37-5-2)18(3)33-28-21-13-9-10-14-22(21)29(34)27(26)28/h6-16,26,33H,4-5,17H2,1-3H3/t26-/m0/s1. The van der Waals surface area contributed by atoms with Crippen LogP contribution in [-0.4, -0.2) is 25.0 Å². The van der Waals surface area contributed by atoms with Crippen LogP contribution >= 0.6 is 15.9 Å². The molecule has 0 amide bonds. The van der Waals surface area contributed by atoms with Crippen LogP contribution in [-0.2, 0) is 16.1 Å². The number of esters is 1. The number of nitrogens with one attached hydrogen (secondary N) is 1. The van der Waals surface area contributed by atoms with Gasteiger partial charge in [0, 0.05) is 28.3 Å². The van der Waals surface area contributed by atoms with Crippen LogP contribution in [0.1, 0.15) is 53.7 Å². The maximum absolute atomic E-state index is 13.7. The average molecular weight is 574 g/mol. The van der Waals surface area contributed by atoms with Crippen LogP contribution in [0, 0.1) is 0 Å². The molecule has 1 aliphatic heterocycles. The molecule has 1 aliphatic carbocycles. The van der Waals surface area contributed by atoms with Gasteiger partial charge in [-0.25, -0.2) is 4.79 Å². The molecule has 0 unspecified atom stereocenters. The van der Waals surface area contributed by atoms with Crippen molar-refractivity contribution in [3.63, 3.8) is 0 Å². The zero-order valence-electron chi connectivity index (χ0n) is 21.5. The SMILES string of the molecule is CCOC(=O)C1=C(C)NC2=C(C(=O)c3ccccc32)[C@H]1c1cc(Br)c(OCc2ccccc2)c(OCC)c1. The Morgan fingerprint density at radius 2 is 1.66 bits per heavy atom. The Morgan fingerprint density at radius 1 is 0.947 bits per heavy atom. The summed E-state index contributed by atoms with van der Waals surface area (Å²) < 4.78 is 18.3. The Labute approximate surface area is 230 Å². The Kier molecular flexibility index (Phi) is 7.38. The fourth-order valence-electron chi connectivity index (χ4n) is 5.03. The molecule has 1 heterocycles. The third kappa shape index (κ3) is 4.63. The lowest BCUT2D eigenvalue weighted by Gasteiger charge is -2.30. The van der Waals surface area contributed by atoms with Crippen LogP contribution in [0.15, 0.2) is 88.0 Å². The predicted molar refractivity (Wildman–Crippen MR) is 149 cm³/mol. The highest BCUT2D eigenvalue weighted by molar-refractivity contribution is 9.10. The van der Waals surface area contributed by atoms with Crippen LogP contribution < -0.4 is 14.8 Å². The van der Waals surface area contributed by atoms with Gasteiger partial charge in [0.25, 0.3) is 0 Å². The molecular weight excluding hydrogens is 546 g/mol. The number of hydrogen-bond acceptors (Lipinski definition) is 6. The summed E-state index contributed by atoms with van der Waals surface area (Å²) in [6, 6.07) is 21.1. The van der Waals surface area contributed by atoms with E-state index in [0.717, 1.165) is 22.4 Å². The summed E-state index contributed by atoms with van der Waals surface area (Å²) in [7, 11) is 0. The zero-order valence-corrected chi connectivity index (χ0v) is 23.1. The second-order valence-corrected chi connectivity index (χ2v) is 9.87. The molecule has 7 heteroatoms. The van der Waals surface area contributed by atoms with Crippen molar-refractivity contribution in [2.45, 2.75) is 33.3 Å². The van der Waals surface area contributed by atoms with Crippen molar-refractivity contribution in [2.24, 2.45) is 0 Å². The van der Waals surface area contributed by atoms with Gasteiger partial charge in [0.15, 0.2) is 17.3 Å². The number of ether oxygens (including phenoxy) is 3. The van der Waals surface area contributed by atoms with Crippen molar-refractivity contribution in [1.29, 1.82) is 0 Å². The molecule has 3 aromatic carbocycles. The number of fused-ring (bicyclic) bond motifs is 2. The highest BCUT2D eigenvalue weighted by Crippen LogP contribution is 2.49. The molecule has 38 heavy (non-hydrogen) atoms. The van der Waals surface area contributed by atoms with Gasteiger partial charge < -0.3 is 19.5 Å². The lowest BCUT2D eigenvalue weighted by atomic mass is 9.79.